The van der Waals surface area contributed by atoms with Crippen molar-refractivity contribution in [2.45, 2.75) is 136 Å². The van der Waals surface area contributed by atoms with Crippen molar-refractivity contribution >= 4 is 41.1 Å². The maximum Gasteiger partial charge on any atom is 0.410 e. The second-order valence-corrected chi connectivity index (χ2v) is 16.6. The third-order valence-electron chi connectivity index (χ3n) is 9.08. The van der Waals surface area contributed by atoms with Gasteiger partial charge in [-0.3, -0.25) is 4.79 Å². The Morgan fingerprint density at radius 2 is 1.55 bits per heavy atom. The molecule has 260 valence electrons. The lowest BCUT2D eigenvalue weighted by Gasteiger charge is -2.39. The molecule has 0 atom stereocenters. The predicted molar refractivity (Wildman–Crippen MR) is 183 cm³/mol. The molecule has 2 saturated carbocycles. The van der Waals surface area contributed by atoms with E-state index in [4.69, 9.17) is 9.47 Å². The van der Waals surface area contributed by atoms with Crippen LogP contribution in [0.2, 0.25) is 0 Å². The van der Waals surface area contributed by atoms with Gasteiger partial charge in [-0.1, -0.05) is 18.8 Å². The summed E-state index contributed by atoms with van der Waals surface area (Å²) in [7, 11) is 0. The molecule has 1 aliphatic heterocycles. The van der Waals surface area contributed by atoms with Crippen molar-refractivity contribution < 1.29 is 33.8 Å². The lowest BCUT2D eigenvalue weighted by molar-refractivity contribution is -0.124. The summed E-state index contributed by atoms with van der Waals surface area (Å²) in [5, 5.41) is 13.2. The Morgan fingerprint density at radius 1 is 0.936 bits per heavy atom. The van der Waals surface area contributed by atoms with Crippen LogP contribution >= 0.6 is 11.3 Å². The van der Waals surface area contributed by atoms with Gasteiger partial charge < -0.3 is 29.7 Å². The van der Waals surface area contributed by atoms with Crippen LogP contribution in [-0.4, -0.2) is 70.9 Å². The molecule has 47 heavy (non-hydrogen) atoms. The Kier molecular flexibility index (Phi) is 11.9. The molecule has 0 unspecified atom stereocenters. The molecule has 3 amide bonds. The number of carbonyl (C=O) groups excluding carboxylic acids is 3. The Morgan fingerprint density at radius 3 is 2.11 bits per heavy atom. The minimum absolute atomic E-state index is 0.000994. The topological polar surface area (TPSA) is 125 Å². The molecule has 3 fully saturated rings. The number of piperidine rings is 1. The molecule has 2 aliphatic carbocycles. The fraction of sp³-hybridized carbons (Fsp3) is 0.722. The van der Waals surface area contributed by atoms with Crippen molar-refractivity contribution in [3.8, 4) is 11.8 Å². The van der Waals surface area contributed by atoms with Crippen LogP contribution in [0.4, 0.5) is 15.3 Å². The van der Waals surface area contributed by atoms with Gasteiger partial charge in [0, 0.05) is 49.3 Å². The van der Waals surface area contributed by atoms with Crippen LogP contribution in [0.3, 0.4) is 0 Å². The van der Waals surface area contributed by atoms with Crippen LogP contribution < -0.4 is 10.2 Å². The molecule has 1 saturated heterocycles. The molecular weight excluding hydrogens is 618 g/mol. The molecule has 0 radical (unpaired) electrons. The van der Waals surface area contributed by atoms with Crippen LogP contribution in [0, 0.1) is 29.1 Å². The summed E-state index contributed by atoms with van der Waals surface area (Å²) in [6.07, 6.45) is 6.13. The first-order valence-electron chi connectivity index (χ1n) is 17.2. The summed E-state index contributed by atoms with van der Waals surface area (Å²) in [5.41, 5.74) is -0.363. The number of anilines is 1. The van der Waals surface area contributed by atoms with E-state index < -0.39 is 17.7 Å². The largest absolute Gasteiger partial charge is 0.477 e. The maximum atomic E-state index is 14.2. The van der Waals surface area contributed by atoms with E-state index in [1.54, 1.807) is 15.9 Å². The summed E-state index contributed by atoms with van der Waals surface area (Å²) in [6, 6.07) is 1.50. The molecule has 2 N–H and O–H groups in total. The number of likely N-dealkylation sites (tertiary alicyclic amines) is 1. The second-order valence-electron chi connectivity index (χ2n) is 15.5. The van der Waals surface area contributed by atoms with Crippen molar-refractivity contribution in [2.75, 3.05) is 18.0 Å². The van der Waals surface area contributed by atoms with Gasteiger partial charge in [-0.25, -0.2) is 14.4 Å². The van der Waals surface area contributed by atoms with Crippen molar-refractivity contribution in [3.63, 3.8) is 0 Å². The highest BCUT2D eigenvalue weighted by Gasteiger charge is 2.38. The number of carboxylic acid groups (broad SMARTS) is 1. The predicted octanol–water partition coefficient (Wildman–Crippen LogP) is 7.44. The molecule has 11 heteroatoms. The van der Waals surface area contributed by atoms with Crippen molar-refractivity contribution in [2.24, 2.45) is 17.3 Å². The van der Waals surface area contributed by atoms with Gasteiger partial charge in [0.2, 0.25) is 5.91 Å². The van der Waals surface area contributed by atoms with Gasteiger partial charge in [0.15, 0.2) is 0 Å². The van der Waals surface area contributed by atoms with Gasteiger partial charge in [-0.2, -0.15) is 0 Å². The Labute approximate surface area is 283 Å². The van der Waals surface area contributed by atoms with E-state index in [2.05, 4.69) is 24.1 Å². The molecule has 3 aliphatic rings. The minimum Gasteiger partial charge on any atom is -0.477 e. The fourth-order valence-corrected chi connectivity index (χ4v) is 7.38. The number of carbonyl (C=O) groups is 4. The number of rotatable bonds is 6. The van der Waals surface area contributed by atoms with Crippen LogP contribution in [-0.2, 0) is 14.3 Å². The van der Waals surface area contributed by atoms with E-state index in [1.165, 1.54) is 0 Å². The molecule has 0 spiro atoms. The zero-order valence-corrected chi connectivity index (χ0v) is 30.0. The standard InChI is InChI=1S/C36H53N3O7S/c1-23-8-10-24(11-9-23)31(40)39(29-22-28(16-19-35(2,3)4)47-30(29)32(41)42)26-14-12-25(13-15-26)37-33(43)45-27-17-20-38(21-18-27)34(44)46-36(5,6)7/h22-27H,8-15,17-18,20-21H2,1-7H3,(H,37,43)(H,41,42)/t23-,24-,25?,26?. The summed E-state index contributed by atoms with van der Waals surface area (Å²) in [4.78, 5) is 56.0. The average Bonchev–Trinajstić information content (AvgIpc) is 3.41. The fourth-order valence-electron chi connectivity index (χ4n) is 6.54. The average molecular weight is 672 g/mol. The monoisotopic (exact) mass is 671 g/mol. The van der Waals surface area contributed by atoms with Crippen molar-refractivity contribution in [1.29, 1.82) is 0 Å². The third kappa shape index (κ3) is 10.6. The van der Waals surface area contributed by atoms with Gasteiger partial charge in [0.1, 0.15) is 16.6 Å². The highest BCUT2D eigenvalue weighted by Crippen LogP contribution is 2.39. The highest BCUT2D eigenvalue weighted by atomic mass is 32.1. The quantitative estimate of drug-likeness (QED) is 0.301. The van der Waals surface area contributed by atoms with Crippen molar-refractivity contribution in [3.05, 3.63) is 15.8 Å². The number of thiophene rings is 1. The number of hydrogen-bond acceptors (Lipinski definition) is 7. The zero-order valence-electron chi connectivity index (χ0n) is 29.1. The van der Waals surface area contributed by atoms with Gasteiger partial charge in [0.25, 0.3) is 0 Å². The van der Waals surface area contributed by atoms with Gasteiger partial charge in [0.05, 0.1) is 10.6 Å². The first kappa shape index (κ1) is 36.6. The number of amides is 3. The summed E-state index contributed by atoms with van der Waals surface area (Å²) >= 11 is 1.13. The van der Waals surface area contributed by atoms with Gasteiger partial charge in [-0.05, 0) is 105 Å². The molecule has 2 heterocycles. The van der Waals surface area contributed by atoms with Gasteiger partial charge >= 0.3 is 18.2 Å². The number of alkyl carbamates (subject to hydrolysis) is 1. The molecular formula is C36H53N3O7S. The molecule has 0 aromatic carbocycles. The van der Waals surface area contributed by atoms with Crippen LogP contribution in [0.25, 0.3) is 0 Å². The number of hydrogen-bond donors (Lipinski definition) is 2. The molecule has 1 aromatic rings. The Bertz CT molecular complexity index is 1340. The summed E-state index contributed by atoms with van der Waals surface area (Å²) in [6.45, 7) is 14.7. The first-order chi connectivity index (χ1) is 22.0. The first-order valence-corrected chi connectivity index (χ1v) is 18.0. The van der Waals surface area contributed by atoms with E-state index in [1.807, 2.05) is 41.5 Å². The molecule has 0 bridgehead atoms. The molecule has 1 aromatic heterocycles. The smallest absolute Gasteiger partial charge is 0.410 e. The van der Waals surface area contributed by atoms with Crippen LogP contribution in [0.1, 0.15) is 127 Å². The summed E-state index contributed by atoms with van der Waals surface area (Å²) < 4.78 is 11.2. The lowest BCUT2D eigenvalue weighted by Crippen LogP contribution is -2.49. The van der Waals surface area contributed by atoms with Crippen LogP contribution in [0.5, 0.6) is 0 Å². The van der Waals surface area contributed by atoms with E-state index in [0.29, 0.717) is 68.1 Å². The second kappa shape index (κ2) is 15.3. The minimum atomic E-state index is -1.06. The normalized spacial score (nSPS) is 24.0. The van der Waals surface area contributed by atoms with E-state index in [9.17, 15) is 24.3 Å². The number of nitrogens with one attached hydrogen (secondary N) is 1. The lowest BCUT2D eigenvalue weighted by atomic mass is 9.81. The number of aromatic carboxylic acids is 1. The number of carboxylic acids is 1. The summed E-state index contributed by atoms with van der Waals surface area (Å²) in [5.74, 6) is 5.73. The van der Waals surface area contributed by atoms with Crippen molar-refractivity contribution in [1.82, 2.24) is 10.2 Å². The zero-order chi connectivity index (χ0) is 34.5. The van der Waals surface area contributed by atoms with E-state index in [0.717, 1.165) is 37.0 Å². The Balaban J connectivity index is 1.40. The van der Waals surface area contributed by atoms with Crippen LogP contribution in [0.15, 0.2) is 6.07 Å². The molecule has 4 rings (SSSR count). The number of nitrogens with zero attached hydrogens (tertiary/aromatic N) is 2. The maximum absolute atomic E-state index is 14.2. The van der Waals surface area contributed by atoms with E-state index >= 15 is 0 Å². The SMILES string of the molecule is CC(C)(C)C#Cc1cc(N(C(=O)[C@H]2CC[C@H](C)CC2)C2CCC(NC(=O)OC3CCN(C(=O)OC(C)(C)C)CC3)CC2)c(C(=O)O)s1. The Hall–Kier alpha value is -3.26. The molecule has 10 nitrogen and oxygen atoms in total. The third-order valence-corrected chi connectivity index (χ3v) is 10.1. The number of ether oxygens (including phenoxy) is 2. The highest BCUT2D eigenvalue weighted by molar-refractivity contribution is 7.15. The van der Waals surface area contributed by atoms with E-state index in [-0.39, 0.29) is 46.4 Å². The van der Waals surface area contributed by atoms with Gasteiger partial charge in [-0.15, -0.1) is 11.3 Å².